The molecule has 0 aliphatic rings. The number of hydrogen-bond acceptors (Lipinski definition) is 4. The van der Waals surface area contributed by atoms with E-state index in [-0.39, 0.29) is 12.1 Å². The van der Waals surface area contributed by atoms with Gasteiger partial charge in [0.2, 0.25) is 0 Å². The number of halogens is 1. The minimum atomic E-state index is -0.870. The van der Waals surface area contributed by atoms with E-state index in [1.54, 1.807) is 19.1 Å². The van der Waals surface area contributed by atoms with Crippen LogP contribution in [-0.2, 0) is 4.74 Å². The van der Waals surface area contributed by atoms with Gasteiger partial charge in [0.1, 0.15) is 5.52 Å². The van der Waals surface area contributed by atoms with E-state index >= 15 is 0 Å². The van der Waals surface area contributed by atoms with Gasteiger partial charge in [0, 0.05) is 15.4 Å². The highest BCUT2D eigenvalue weighted by Gasteiger charge is 2.30. The molecule has 0 aliphatic heterocycles. The highest BCUT2D eigenvalue weighted by molar-refractivity contribution is 9.10. The Labute approximate surface area is 116 Å². The van der Waals surface area contributed by atoms with Crippen molar-refractivity contribution >= 4 is 32.9 Å². The number of hydrogen-bond donors (Lipinski definition) is 2. The molecule has 0 spiro atoms. The summed E-state index contributed by atoms with van der Waals surface area (Å²) >= 11 is 3.30. The lowest BCUT2D eigenvalue weighted by Gasteiger charge is -2.02. The molecule has 0 amide bonds. The minimum Gasteiger partial charge on any atom is -0.490 e. The molecular weight excluding hydrogens is 316 g/mol. The first-order chi connectivity index (χ1) is 8.95. The first-order valence-electron chi connectivity index (χ1n) is 5.60. The number of esters is 1. The molecule has 1 aromatic carbocycles. The molecule has 6 nitrogen and oxygen atoms in total. The van der Waals surface area contributed by atoms with Gasteiger partial charge in [0.25, 0.3) is 11.4 Å². The number of benzene rings is 1. The second-order valence-corrected chi connectivity index (χ2v) is 4.83. The van der Waals surface area contributed by atoms with Crippen LogP contribution >= 0.6 is 15.9 Å². The van der Waals surface area contributed by atoms with E-state index in [1.165, 1.54) is 0 Å². The lowest BCUT2D eigenvalue weighted by molar-refractivity contribution is -0.469. The van der Waals surface area contributed by atoms with Gasteiger partial charge in [-0.25, -0.2) is 4.79 Å². The molecule has 0 saturated heterocycles. The molecule has 2 aromatic rings. The molecule has 7 heteroatoms. The van der Waals surface area contributed by atoms with Gasteiger partial charge in [-0.1, -0.05) is 0 Å². The van der Waals surface area contributed by atoms with E-state index in [2.05, 4.69) is 20.9 Å². The summed E-state index contributed by atoms with van der Waals surface area (Å²) in [6.45, 7) is 3.56. The van der Waals surface area contributed by atoms with Gasteiger partial charge < -0.3 is 14.8 Å². The normalized spacial score (nSPS) is 10.7. The Bertz CT molecular complexity index is 724. The minimum absolute atomic E-state index is 0.119. The highest BCUT2D eigenvalue weighted by Crippen LogP contribution is 2.24. The third kappa shape index (κ3) is 2.33. The summed E-state index contributed by atoms with van der Waals surface area (Å²) in [5.41, 5.74) is 1.05. The maximum Gasteiger partial charge on any atom is 0.414 e. The Morgan fingerprint density at radius 1 is 1.53 bits per heavy atom. The van der Waals surface area contributed by atoms with Crippen LogP contribution in [0.15, 0.2) is 16.6 Å². The van der Waals surface area contributed by atoms with Gasteiger partial charge in [0.15, 0.2) is 0 Å². The van der Waals surface area contributed by atoms with Crippen molar-refractivity contribution in [1.82, 2.24) is 4.98 Å². The zero-order valence-corrected chi connectivity index (χ0v) is 11.9. The largest absolute Gasteiger partial charge is 0.490 e. The molecule has 19 heavy (non-hydrogen) atoms. The first kappa shape index (κ1) is 13.5. The number of nitrogens with one attached hydrogen (secondary N) is 1. The quantitative estimate of drug-likeness (QED) is 0.652. The van der Waals surface area contributed by atoms with Crippen LogP contribution in [0.1, 0.15) is 23.0 Å². The van der Waals surface area contributed by atoms with Crippen molar-refractivity contribution in [1.29, 1.82) is 0 Å². The Morgan fingerprint density at radius 2 is 2.21 bits per heavy atom. The zero-order valence-electron chi connectivity index (χ0n) is 10.4. The summed E-state index contributed by atoms with van der Waals surface area (Å²) in [5, 5.41) is 9.78. The topological polar surface area (TPSA) is 85.3 Å². The first-order valence-corrected chi connectivity index (χ1v) is 6.39. The van der Waals surface area contributed by atoms with Crippen molar-refractivity contribution in [2.24, 2.45) is 0 Å². The summed E-state index contributed by atoms with van der Waals surface area (Å²) < 4.78 is 5.74. The summed E-state index contributed by atoms with van der Waals surface area (Å²) in [7, 11) is 0. The standard InChI is InChI=1S/C12H11BrN2O4/c1-3-19-12(17)10-11(16)14-9-7(13)4-6(2)5-8(9)15(10)18/h4-5H,3H2,1-2H3,(H-,14,16,17,18)/p+1. The molecule has 0 saturated carbocycles. The lowest BCUT2D eigenvalue weighted by Crippen LogP contribution is -2.28. The van der Waals surface area contributed by atoms with Crippen LogP contribution in [0.5, 0.6) is 5.88 Å². The third-order valence-electron chi connectivity index (χ3n) is 2.57. The fourth-order valence-corrected chi connectivity index (χ4v) is 2.44. The number of aromatic amines is 1. The van der Waals surface area contributed by atoms with Crippen molar-refractivity contribution in [3.8, 4) is 5.88 Å². The van der Waals surface area contributed by atoms with Crippen molar-refractivity contribution in [3.05, 3.63) is 32.8 Å². The van der Waals surface area contributed by atoms with E-state index in [1.807, 2.05) is 6.92 Å². The molecule has 1 heterocycles. The Morgan fingerprint density at radius 3 is 2.84 bits per heavy atom. The van der Waals surface area contributed by atoms with Crippen LogP contribution in [-0.4, -0.2) is 22.7 Å². The van der Waals surface area contributed by atoms with Crippen LogP contribution in [0.2, 0.25) is 0 Å². The molecule has 0 aliphatic carbocycles. The molecule has 0 fully saturated rings. The number of nitrogens with zero attached hydrogens (tertiary/aromatic N) is 1. The van der Waals surface area contributed by atoms with Gasteiger partial charge >= 0.3 is 11.7 Å². The number of carbonyl (C=O) groups excluding carboxylic acids is 1. The smallest absolute Gasteiger partial charge is 0.414 e. The summed E-state index contributed by atoms with van der Waals surface area (Å²) in [6.07, 6.45) is 0. The summed E-state index contributed by atoms with van der Waals surface area (Å²) in [6, 6.07) is 3.41. The van der Waals surface area contributed by atoms with Gasteiger partial charge in [-0.05, 0) is 41.4 Å². The molecule has 100 valence electrons. The summed E-state index contributed by atoms with van der Waals surface area (Å²) in [4.78, 5) is 26.5. The molecule has 2 rings (SSSR count). The predicted molar refractivity (Wildman–Crippen MR) is 71.7 cm³/mol. The maximum atomic E-state index is 12.2. The number of ether oxygens (including phenoxy) is 1. The fourth-order valence-electron chi connectivity index (χ4n) is 1.78. The number of fused-ring (bicyclic) bond motifs is 1. The monoisotopic (exact) mass is 327 g/mol. The second-order valence-electron chi connectivity index (χ2n) is 3.98. The molecule has 1 aromatic heterocycles. The Kier molecular flexibility index (Phi) is 3.57. The van der Waals surface area contributed by atoms with E-state index in [0.717, 1.165) is 5.56 Å². The van der Waals surface area contributed by atoms with Crippen LogP contribution in [0.4, 0.5) is 0 Å². The van der Waals surface area contributed by atoms with Crippen LogP contribution in [0.3, 0.4) is 0 Å². The molecule has 0 unspecified atom stereocenters. The fraction of sp³-hybridized carbons (Fsp3) is 0.250. The SMILES string of the molecule is CCOC(=O)c1c(O)[nH]c2c(Br)cc(C)cc2[n+]1=O. The zero-order chi connectivity index (χ0) is 14.2. The molecule has 0 radical (unpaired) electrons. The molecule has 2 N–H and O–H groups in total. The van der Waals surface area contributed by atoms with Crippen molar-refractivity contribution in [2.45, 2.75) is 13.8 Å². The predicted octanol–water partition coefficient (Wildman–Crippen LogP) is 2.04. The maximum absolute atomic E-state index is 12.2. The number of aromatic hydroxyl groups is 1. The number of rotatable bonds is 2. The Hall–Kier alpha value is -1.89. The molecular formula is C12H12BrN2O4+. The molecule has 0 atom stereocenters. The summed E-state index contributed by atoms with van der Waals surface area (Å²) in [5.74, 6) is -1.39. The van der Waals surface area contributed by atoms with Crippen molar-refractivity contribution in [2.75, 3.05) is 6.61 Å². The molecule has 0 bridgehead atoms. The van der Waals surface area contributed by atoms with E-state index in [9.17, 15) is 14.8 Å². The highest BCUT2D eigenvalue weighted by atomic mass is 79.9. The van der Waals surface area contributed by atoms with E-state index in [0.29, 0.717) is 14.4 Å². The number of carbonyl (C=O) groups is 1. The van der Waals surface area contributed by atoms with Gasteiger partial charge in [-0.3, -0.25) is 0 Å². The van der Waals surface area contributed by atoms with Crippen molar-refractivity contribution < 1.29 is 19.1 Å². The van der Waals surface area contributed by atoms with Gasteiger partial charge in [-0.15, -0.1) is 0 Å². The van der Waals surface area contributed by atoms with Gasteiger partial charge in [-0.2, -0.15) is 0 Å². The number of H-pyrrole nitrogens is 1. The Balaban J connectivity index is 2.82. The number of aryl methyl sites for hydroxylation is 1. The van der Waals surface area contributed by atoms with E-state index < -0.39 is 17.5 Å². The number of aromatic nitrogens is 2. The van der Waals surface area contributed by atoms with Crippen molar-refractivity contribution in [3.63, 3.8) is 0 Å². The second kappa shape index (κ2) is 5.00. The van der Waals surface area contributed by atoms with Crippen LogP contribution in [0.25, 0.3) is 11.0 Å². The average molecular weight is 328 g/mol. The van der Waals surface area contributed by atoms with Crippen LogP contribution < -0.4 is 4.43 Å². The van der Waals surface area contributed by atoms with Gasteiger partial charge in [0.05, 0.1) is 11.0 Å². The van der Waals surface area contributed by atoms with E-state index in [4.69, 9.17) is 4.74 Å². The lowest BCUT2D eigenvalue weighted by atomic mass is 10.2. The van der Waals surface area contributed by atoms with Crippen LogP contribution in [0, 0.1) is 11.8 Å². The third-order valence-corrected chi connectivity index (χ3v) is 3.20. The average Bonchev–Trinajstić information content (AvgIpc) is 2.31.